The first-order chi connectivity index (χ1) is 17.6. The summed E-state index contributed by atoms with van der Waals surface area (Å²) in [5, 5.41) is 15.9. The standard InChI is InChI=1S/C28H37N5O4/c1-28(2,3)20-8-10-21(11-9-20)33(27(37)23-15-22(34)17-30-23)25(19-7-6-12-29-16-19)26(36)31-18-24(35)32-13-4-5-14-32/h6-12,16,22-23,25,30,34H,4-5,13-15,17-18H2,1-3H3,(H,31,36). The summed E-state index contributed by atoms with van der Waals surface area (Å²) in [6, 6.07) is 9.38. The number of likely N-dealkylation sites (tertiary alicyclic amines) is 1. The summed E-state index contributed by atoms with van der Waals surface area (Å²) in [5.74, 6) is -0.925. The lowest BCUT2D eigenvalue weighted by molar-refractivity contribution is -0.132. The van der Waals surface area contributed by atoms with E-state index in [9.17, 15) is 19.5 Å². The van der Waals surface area contributed by atoms with E-state index in [0.29, 0.717) is 30.9 Å². The minimum atomic E-state index is -1.05. The van der Waals surface area contributed by atoms with Gasteiger partial charge in [-0.25, -0.2) is 0 Å². The largest absolute Gasteiger partial charge is 0.392 e. The van der Waals surface area contributed by atoms with Gasteiger partial charge in [-0.3, -0.25) is 24.3 Å². The van der Waals surface area contributed by atoms with Crippen LogP contribution in [0, 0.1) is 0 Å². The monoisotopic (exact) mass is 507 g/mol. The van der Waals surface area contributed by atoms with E-state index in [-0.39, 0.29) is 30.2 Å². The molecule has 3 amide bonds. The molecule has 0 spiro atoms. The molecule has 2 aliphatic rings. The molecule has 198 valence electrons. The predicted molar refractivity (Wildman–Crippen MR) is 141 cm³/mol. The Bertz CT molecular complexity index is 1090. The van der Waals surface area contributed by atoms with Crippen LogP contribution in [0.3, 0.4) is 0 Å². The first-order valence-electron chi connectivity index (χ1n) is 13.0. The van der Waals surface area contributed by atoms with Crippen molar-refractivity contribution >= 4 is 23.4 Å². The van der Waals surface area contributed by atoms with Gasteiger partial charge in [0.05, 0.1) is 18.7 Å². The number of β-amino-alcohol motifs (C(OH)–C–C–N with tert-alkyl or cyclic N) is 1. The lowest BCUT2D eigenvalue weighted by atomic mass is 9.87. The number of hydrogen-bond donors (Lipinski definition) is 3. The van der Waals surface area contributed by atoms with E-state index in [4.69, 9.17) is 0 Å². The topological polar surface area (TPSA) is 115 Å². The van der Waals surface area contributed by atoms with Gasteiger partial charge in [-0.05, 0) is 48.4 Å². The highest BCUT2D eigenvalue weighted by atomic mass is 16.3. The van der Waals surface area contributed by atoms with E-state index in [0.717, 1.165) is 18.4 Å². The summed E-state index contributed by atoms with van der Waals surface area (Å²) in [4.78, 5) is 47.7. The van der Waals surface area contributed by atoms with Gasteiger partial charge < -0.3 is 20.6 Å². The molecule has 2 saturated heterocycles. The molecule has 4 rings (SSSR count). The fraction of sp³-hybridized carbons (Fsp3) is 0.500. The van der Waals surface area contributed by atoms with Gasteiger partial charge in [0.2, 0.25) is 17.7 Å². The highest BCUT2D eigenvalue weighted by molar-refractivity contribution is 6.04. The first-order valence-corrected chi connectivity index (χ1v) is 13.0. The van der Waals surface area contributed by atoms with Crippen molar-refractivity contribution in [2.24, 2.45) is 0 Å². The van der Waals surface area contributed by atoms with Crippen molar-refractivity contribution in [1.29, 1.82) is 0 Å². The molecule has 2 aromatic rings. The normalized spacial score (nSPS) is 20.5. The molecule has 3 N–H and O–H groups in total. The Labute approximate surface area is 218 Å². The van der Waals surface area contributed by atoms with E-state index >= 15 is 0 Å². The van der Waals surface area contributed by atoms with Crippen molar-refractivity contribution in [1.82, 2.24) is 20.5 Å². The van der Waals surface area contributed by atoms with Crippen LogP contribution >= 0.6 is 0 Å². The van der Waals surface area contributed by atoms with E-state index < -0.39 is 24.1 Å². The van der Waals surface area contributed by atoms with Crippen LogP contribution in [0.1, 0.15) is 57.2 Å². The number of hydrogen-bond acceptors (Lipinski definition) is 6. The number of amides is 3. The van der Waals surface area contributed by atoms with Crippen LogP contribution in [0.4, 0.5) is 5.69 Å². The van der Waals surface area contributed by atoms with Crippen LogP contribution in [0.2, 0.25) is 0 Å². The van der Waals surface area contributed by atoms with Crippen molar-refractivity contribution in [3.63, 3.8) is 0 Å². The molecular weight excluding hydrogens is 470 g/mol. The van der Waals surface area contributed by atoms with E-state index in [1.807, 2.05) is 24.3 Å². The summed E-state index contributed by atoms with van der Waals surface area (Å²) in [7, 11) is 0. The third kappa shape index (κ3) is 6.34. The van der Waals surface area contributed by atoms with Gasteiger partial charge in [-0.15, -0.1) is 0 Å². The van der Waals surface area contributed by atoms with Crippen LogP contribution in [-0.4, -0.2) is 71.0 Å². The number of pyridine rings is 1. The molecule has 2 fully saturated rings. The average Bonchev–Trinajstić information content (AvgIpc) is 3.58. The average molecular weight is 508 g/mol. The lowest BCUT2D eigenvalue weighted by Crippen LogP contribution is -2.51. The Morgan fingerprint density at radius 3 is 2.43 bits per heavy atom. The number of nitrogens with one attached hydrogen (secondary N) is 2. The van der Waals surface area contributed by atoms with Gasteiger partial charge in [0.15, 0.2) is 0 Å². The zero-order valence-corrected chi connectivity index (χ0v) is 21.8. The minimum absolute atomic E-state index is 0.0828. The lowest BCUT2D eigenvalue weighted by Gasteiger charge is -2.33. The van der Waals surface area contributed by atoms with E-state index in [2.05, 4.69) is 36.4 Å². The fourth-order valence-electron chi connectivity index (χ4n) is 4.89. The molecule has 3 unspecified atom stereocenters. The van der Waals surface area contributed by atoms with E-state index in [1.165, 1.54) is 4.90 Å². The Hall–Kier alpha value is -3.30. The molecular formula is C28H37N5O4. The fourth-order valence-corrected chi connectivity index (χ4v) is 4.89. The van der Waals surface area contributed by atoms with Crippen LogP contribution in [0.15, 0.2) is 48.8 Å². The maximum absolute atomic E-state index is 13.9. The molecule has 9 nitrogen and oxygen atoms in total. The number of aliphatic hydroxyl groups excluding tert-OH is 1. The maximum atomic E-state index is 13.9. The molecule has 0 bridgehead atoms. The summed E-state index contributed by atoms with van der Waals surface area (Å²) in [6.45, 7) is 7.89. The Morgan fingerprint density at radius 2 is 1.86 bits per heavy atom. The molecule has 0 aliphatic carbocycles. The maximum Gasteiger partial charge on any atom is 0.248 e. The second-order valence-corrected chi connectivity index (χ2v) is 10.9. The number of carbonyl (C=O) groups excluding carboxylic acids is 3. The molecule has 1 aromatic heterocycles. The Kier molecular flexibility index (Phi) is 8.24. The van der Waals surface area contributed by atoms with Crippen LogP contribution in [-0.2, 0) is 19.8 Å². The van der Waals surface area contributed by atoms with Gasteiger partial charge in [0.25, 0.3) is 0 Å². The number of rotatable bonds is 7. The molecule has 2 aliphatic heterocycles. The zero-order valence-electron chi connectivity index (χ0n) is 21.8. The van der Waals surface area contributed by atoms with Crippen LogP contribution < -0.4 is 15.5 Å². The second-order valence-electron chi connectivity index (χ2n) is 10.9. The number of aliphatic hydroxyl groups is 1. The first kappa shape index (κ1) is 26.8. The molecule has 3 heterocycles. The summed E-state index contributed by atoms with van der Waals surface area (Å²) in [6.07, 6.45) is 4.71. The van der Waals surface area contributed by atoms with E-state index in [1.54, 1.807) is 29.4 Å². The quantitative estimate of drug-likeness (QED) is 0.528. The van der Waals surface area contributed by atoms with Crippen molar-refractivity contribution < 1.29 is 19.5 Å². The summed E-state index contributed by atoms with van der Waals surface area (Å²) >= 11 is 0. The molecule has 1 aromatic carbocycles. The number of nitrogens with zero attached hydrogens (tertiary/aromatic N) is 3. The van der Waals surface area contributed by atoms with Crippen LogP contribution in [0.25, 0.3) is 0 Å². The molecule has 9 heteroatoms. The zero-order chi connectivity index (χ0) is 26.6. The predicted octanol–water partition coefficient (Wildman–Crippen LogP) is 1.91. The highest BCUT2D eigenvalue weighted by Crippen LogP contribution is 2.32. The third-order valence-corrected chi connectivity index (χ3v) is 7.03. The van der Waals surface area contributed by atoms with Crippen LogP contribution in [0.5, 0.6) is 0 Å². The smallest absolute Gasteiger partial charge is 0.248 e. The summed E-state index contributed by atoms with van der Waals surface area (Å²) in [5.41, 5.74) is 2.09. The second kappa shape index (κ2) is 11.4. The minimum Gasteiger partial charge on any atom is -0.392 e. The Morgan fingerprint density at radius 1 is 1.16 bits per heavy atom. The van der Waals surface area contributed by atoms with Crippen molar-refractivity contribution in [3.8, 4) is 0 Å². The van der Waals surface area contributed by atoms with Gasteiger partial charge in [0.1, 0.15) is 6.04 Å². The summed E-state index contributed by atoms with van der Waals surface area (Å²) < 4.78 is 0. The van der Waals surface area contributed by atoms with Gasteiger partial charge >= 0.3 is 0 Å². The van der Waals surface area contributed by atoms with Crippen molar-refractivity contribution in [2.45, 2.75) is 63.6 Å². The number of benzene rings is 1. The molecule has 0 radical (unpaired) electrons. The van der Waals surface area contributed by atoms with Gasteiger partial charge in [-0.1, -0.05) is 39.0 Å². The van der Waals surface area contributed by atoms with Gasteiger partial charge in [-0.2, -0.15) is 0 Å². The molecule has 0 saturated carbocycles. The highest BCUT2D eigenvalue weighted by Gasteiger charge is 2.39. The molecule has 3 atom stereocenters. The number of carbonyl (C=O) groups is 3. The Balaban J connectivity index is 1.69. The number of aromatic nitrogens is 1. The SMILES string of the molecule is CC(C)(C)c1ccc(N(C(=O)C2CC(O)CN2)C(C(=O)NCC(=O)N2CCCC2)c2cccnc2)cc1. The van der Waals surface area contributed by atoms with Gasteiger partial charge in [0, 0.05) is 43.3 Å². The third-order valence-electron chi connectivity index (χ3n) is 7.03. The van der Waals surface area contributed by atoms with Crippen molar-refractivity contribution in [2.75, 3.05) is 31.1 Å². The number of anilines is 1. The molecule has 37 heavy (non-hydrogen) atoms. The van der Waals surface area contributed by atoms with Crippen molar-refractivity contribution in [3.05, 3.63) is 59.9 Å².